The Kier molecular flexibility index (Phi) is 13.5. The largest absolute Gasteiger partial charge is 0.378 e. The maximum Gasteiger partial charge on any atom is 0.263 e. The molecule has 5 nitrogen and oxygen atoms in total. The van der Waals surface area contributed by atoms with Crippen LogP contribution in [-0.4, -0.2) is 23.8 Å². The van der Waals surface area contributed by atoms with E-state index in [-0.39, 0.29) is 17.5 Å². The molecule has 37 heavy (non-hydrogen) atoms. The molecule has 3 rings (SSSR count). The van der Waals surface area contributed by atoms with Crippen LogP contribution in [0, 0.1) is 28.8 Å². The Morgan fingerprint density at radius 2 is 1.76 bits per heavy atom. The molecule has 8 heteroatoms. The van der Waals surface area contributed by atoms with Crippen LogP contribution in [0.5, 0.6) is 0 Å². The molecule has 0 aliphatic heterocycles. The van der Waals surface area contributed by atoms with Gasteiger partial charge in [-0.15, -0.1) is 5.43 Å². The fraction of sp³-hybridized carbons (Fsp3) is 0.586. The van der Waals surface area contributed by atoms with Gasteiger partial charge in [-0.3, -0.25) is 0 Å². The smallest absolute Gasteiger partial charge is 0.263 e. The first-order valence-electron chi connectivity index (χ1n) is 13.3. The van der Waals surface area contributed by atoms with Crippen molar-refractivity contribution in [2.75, 3.05) is 6.61 Å². The number of hydrazine groups is 1. The molecule has 1 aliphatic carbocycles. The molecule has 0 spiro atoms. The van der Waals surface area contributed by atoms with Gasteiger partial charge in [0.1, 0.15) is 5.82 Å². The number of halogens is 3. The Bertz CT molecular complexity index is 922. The van der Waals surface area contributed by atoms with Gasteiger partial charge in [0.05, 0.1) is 18.8 Å². The fourth-order valence-corrected chi connectivity index (χ4v) is 4.66. The molecule has 1 N–H and O–H groups in total. The van der Waals surface area contributed by atoms with Crippen LogP contribution < -0.4 is 5.43 Å². The zero-order valence-electron chi connectivity index (χ0n) is 22.2. The molecule has 2 aromatic carbocycles. The van der Waals surface area contributed by atoms with E-state index in [1.54, 1.807) is 0 Å². The van der Waals surface area contributed by atoms with Gasteiger partial charge in [0, 0.05) is 11.5 Å². The van der Waals surface area contributed by atoms with E-state index in [0.717, 1.165) is 57.4 Å². The Balaban J connectivity index is 0.000000364. The SMILES string of the molecule is CCCCCC(N[N+](=O)[O-])C(C)COC1CCC(c2ccccc2)CC1.Cc1ccc(C(F)F)cc1F. The summed E-state index contributed by atoms with van der Waals surface area (Å²) in [5, 5.41) is 10.5. The van der Waals surface area contributed by atoms with Crippen molar-refractivity contribution in [3.8, 4) is 0 Å². The van der Waals surface area contributed by atoms with E-state index >= 15 is 0 Å². The quantitative estimate of drug-likeness (QED) is 0.173. The molecule has 2 atom stereocenters. The molecule has 0 saturated heterocycles. The number of benzene rings is 2. The van der Waals surface area contributed by atoms with Crippen LogP contribution in [0.15, 0.2) is 48.5 Å². The lowest BCUT2D eigenvalue weighted by molar-refractivity contribution is -0.553. The summed E-state index contributed by atoms with van der Waals surface area (Å²) in [6.45, 7) is 6.33. The van der Waals surface area contributed by atoms with Crippen LogP contribution in [0.4, 0.5) is 13.2 Å². The number of rotatable bonds is 12. The summed E-state index contributed by atoms with van der Waals surface area (Å²) in [5.74, 6) is 0.207. The summed E-state index contributed by atoms with van der Waals surface area (Å²) in [6.07, 6.45) is 6.29. The van der Waals surface area contributed by atoms with Gasteiger partial charge in [0.2, 0.25) is 0 Å². The van der Waals surface area contributed by atoms with Gasteiger partial charge in [-0.1, -0.05) is 75.6 Å². The van der Waals surface area contributed by atoms with Crippen molar-refractivity contribution >= 4 is 0 Å². The number of aryl methyl sites for hydroxylation is 1. The van der Waals surface area contributed by atoms with E-state index in [0.29, 0.717) is 24.2 Å². The highest BCUT2D eigenvalue weighted by Gasteiger charge is 2.26. The summed E-state index contributed by atoms with van der Waals surface area (Å²) in [4.78, 5) is 10.9. The second-order valence-corrected chi connectivity index (χ2v) is 9.99. The maximum absolute atomic E-state index is 12.6. The molecule has 1 saturated carbocycles. The number of unbranched alkanes of at least 4 members (excludes halogenated alkanes) is 2. The lowest BCUT2D eigenvalue weighted by Crippen LogP contribution is -2.41. The van der Waals surface area contributed by atoms with E-state index in [4.69, 9.17) is 4.74 Å². The van der Waals surface area contributed by atoms with Crippen molar-refractivity contribution in [2.24, 2.45) is 5.92 Å². The van der Waals surface area contributed by atoms with E-state index in [1.807, 2.05) is 0 Å². The van der Waals surface area contributed by atoms with E-state index < -0.39 is 17.3 Å². The lowest BCUT2D eigenvalue weighted by atomic mass is 9.83. The molecule has 206 valence electrons. The average molecular weight is 523 g/mol. The molecule has 1 aliphatic rings. The second kappa shape index (κ2) is 16.3. The molecule has 0 amide bonds. The Hall–Kier alpha value is -2.61. The van der Waals surface area contributed by atoms with Crippen molar-refractivity contribution in [1.29, 1.82) is 0 Å². The second-order valence-electron chi connectivity index (χ2n) is 9.99. The van der Waals surface area contributed by atoms with Crippen molar-refractivity contribution in [3.63, 3.8) is 0 Å². The molecule has 0 bridgehead atoms. The third-order valence-corrected chi connectivity index (χ3v) is 7.06. The van der Waals surface area contributed by atoms with Crippen molar-refractivity contribution in [3.05, 3.63) is 81.2 Å². The highest BCUT2D eigenvalue weighted by molar-refractivity contribution is 5.24. The van der Waals surface area contributed by atoms with E-state index in [1.165, 1.54) is 24.6 Å². The van der Waals surface area contributed by atoms with E-state index in [2.05, 4.69) is 49.6 Å². The minimum Gasteiger partial charge on any atom is -0.378 e. The van der Waals surface area contributed by atoms with Crippen molar-refractivity contribution in [2.45, 2.75) is 96.6 Å². The standard InChI is InChI=1S/C21H34N2O3.C8H7F3/c1-3-4-6-11-21(22-23(24)25)17(2)16-26-20-14-12-19(13-15-20)18-9-7-5-8-10-18;1-5-2-3-6(8(10)11)4-7(5)9/h5,7-10,17,19-22H,3-4,6,11-16H2,1-2H3;2-4,8H,1H3. The first kappa shape index (κ1) is 30.6. The molecule has 1 fully saturated rings. The molecule has 0 aromatic heterocycles. The predicted octanol–water partition coefficient (Wildman–Crippen LogP) is 8.17. The third-order valence-electron chi connectivity index (χ3n) is 7.06. The molecule has 2 aromatic rings. The van der Waals surface area contributed by atoms with Gasteiger partial charge >= 0.3 is 0 Å². The van der Waals surface area contributed by atoms with Gasteiger partial charge in [-0.2, -0.15) is 0 Å². The number of nitro groups is 1. The molecular weight excluding hydrogens is 481 g/mol. The van der Waals surface area contributed by atoms with Gasteiger partial charge in [0.25, 0.3) is 6.43 Å². The van der Waals surface area contributed by atoms with Crippen LogP contribution in [0.1, 0.15) is 94.2 Å². The fourth-order valence-electron chi connectivity index (χ4n) is 4.66. The number of hydrogen-bond acceptors (Lipinski definition) is 3. The van der Waals surface area contributed by atoms with Gasteiger partial charge in [-0.05, 0) is 62.1 Å². The van der Waals surface area contributed by atoms with Crippen LogP contribution in [-0.2, 0) is 4.74 Å². The molecule has 0 heterocycles. The highest BCUT2D eigenvalue weighted by Crippen LogP contribution is 2.34. The maximum atomic E-state index is 12.6. The number of nitrogens with one attached hydrogen (secondary N) is 1. The zero-order valence-corrected chi connectivity index (χ0v) is 22.2. The predicted molar refractivity (Wildman–Crippen MR) is 141 cm³/mol. The van der Waals surface area contributed by atoms with Crippen molar-refractivity contribution < 1.29 is 22.9 Å². The lowest BCUT2D eigenvalue weighted by Gasteiger charge is -2.30. The van der Waals surface area contributed by atoms with Gasteiger partial charge < -0.3 is 4.74 Å². The third kappa shape index (κ3) is 11.1. The average Bonchev–Trinajstić information content (AvgIpc) is 2.89. The van der Waals surface area contributed by atoms with Gasteiger partial charge in [0.15, 0.2) is 5.03 Å². The normalized spacial score (nSPS) is 19.0. The summed E-state index contributed by atoms with van der Waals surface area (Å²) in [6, 6.07) is 14.0. The number of hydrogen-bond donors (Lipinski definition) is 1. The van der Waals surface area contributed by atoms with Crippen LogP contribution in [0.3, 0.4) is 0 Å². The highest BCUT2D eigenvalue weighted by atomic mass is 19.3. The molecule has 0 radical (unpaired) electrons. The Labute approximate surface area is 218 Å². The zero-order chi connectivity index (χ0) is 27.2. The van der Waals surface area contributed by atoms with Crippen LogP contribution in [0.2, 0.25) is 0 Å². The van der Waals surface area contributed by atoms with Crippen molar-refractivity contribution in [1.82, 2.24) is 5.43 Å². The van der Waals surface area contributed by atoms with Crippen LogP contribution >= 0.6 is 0 Å². The van der Waals surface area contributed by atoms with Gasteiger partial charge in [-0.25, -0.2) is 23.3 Å². The first-order chi connectivity index (χ1) is 17.7. The monoisotopic (exact) mass is 522 g/mol. The summed E-state index contributed by atoms with van der Waals surface area (Å²) in [7, 11) is 0. The minimum atomic E-state index is -2.59. The van der Waals surface area contributed by atoms with E-state index in [9.17, 15) is 23.3 Å². The number of alkyl halides is 2. The minimum absolute atomic E-state index is 0.114. The molecule has 2 unspecified atom stereocenters. The topological polar surface area (TPSA) is 64.4 Å². The molecular formula is C29H41F3N2O3. The number of nitrogens with zero attached hydrogens (tertiary/aromatic N) is 1. The first-order valence-corrected chi connectivity index (χ1v) is 13.3. The Morgan fingerprint density at radius 3 is 2.32 bits per heavy atom. The summed E-state index contributed by atoms with van der Waals surface area (Å²) in [5.41, 5.74) is 4.05. The summed E-state index contributed by atoms with van der Waals surface area (Å²) >= 11 is 0. The summed E-state index contributed by atoms with van der Waals surface area (Å²) < 4.78 is 42.6. The Morgan fingerprint density at radius 1 is 1.08 bits per heavy atom. The number of ether oxygens (including phenoxy) is 1. The van der Waals surface area contributed by atoms with Crippen LogP contribution in [0.25, 0.3) is 0 Å².